The lowest BCUT2D eigenvalue weighted by molar-refractivity contribution is 0.576. The molecular weight excluding hydrogens is 222 g/mol. The zero-order valence-corrected chi connectivity index (χ0v) is 9.61. The van der Waals surface area contributed by atoms with Gasteiger partial charge in [-0.2, -0.15) is 5.26 Å². The first-order valence-corrected chi connectivity index (χ1v) is 6.02. The molecule has 1 aromatic heterocycles. The zero-order valence-electron chi connectivity index (χ0n) is 8.86. The Balaban J connectivity index is 1.96. The highest BCUT2D eigenvalue weighted by molar-refractivity contribution is 6.30. The van der Waals surface area contributed by atoms with Gasteiger partial charge in [0.2, 0.25) is 0 Å². The molecule has 0 aromatic carbocycles. The summed E-state index contributed by atoms with van der Waals surface area (Å²) in [5, 5.41) is 9.13. The number of nitriles is 1. The van der Waals surface area contributed by atoms with Crippen LogP contribution in [0.4, 0.5) is 5.82 Å². The SMILES string of the molecule is N#Cc1ccc(N2C3CCC2CC3)nc1Cl. The summed E-state index contributed by atoms with van der Waals surface area (Å²) in [5.41, 5.74) is 0.456. The van der Waals surface area contributed by atoms with Gasteiger partial charge in [-0.15, -0.1) is 0 Å². The molecule has 0 aliphatic carbocycles. The summed E-state index contributed by atoms with van der Waals surface area (Å²) in [4.78, 5) is 6.72. The van der Waals surface area contributed by atoms with Gasteiger partial charge in [-0.1, -0.05) is 11.6 Å². The number of pyridine rings is 1. The molecule has 0 radical (unpaired) electrons. The third-order valence-electron chi connectivity index (χ3n) is 3.67. The van der Waals surface area contributed by atoms with Crippen molar-refractivity contribution in [2.24, 2.45) is 0 Å². The fourth-order valence-corrected chi connectivity index (χ4v) is 3.13. The Morgan fingerprint density at radius 2 is 1.88 bits per heavy atom. The molecule has 2 aliphatic heterocycles. The van der Waals surface area contributed by atoms with Crippen molar-refractivity contribution in [3.8, 4) is 6.07 Å². The maximum Gasteiger partial charge on any atom is 0.149 e. The van der Waals surface area contributed by atoms with E-state index >= 15 is 0 Å². The molecule has 0 amide bonds. The molecule has 2 saturated heterocycles. The second-order valence-corrected chi connectivity index (χ2v) is 4.85. The molecule has 2 fully saturated rings. The van der Waals surface area contributed by atoms with E-state index in [-0.39, 0.29) is 0 Å². The van der Waals surface area contributed by atoms with Crippen molar-refractivity contribution in [2.45, 2.75) is 37.8 Å². The lowest BCUT2D eigenvalue weighted by Gasteiger charge is -2.23. The van der Waals surface area contributed by atoms with Crippen molar-refractivity contribution < 1.29 is 0 Å². The van der Waals surface area contributed by atoms with Crippen LogP contribution in [0.1, 0.15) is 31.2 Å². The molecular formula is C12H12ClN3. The second kappa shape index (κ2) is 3.64. The number of nitrogens with zero attached hydrogens (tertiary/aromatic N) is 3. The minimum absolute atomic E-state index is 0.325. The van der Waals surface area contributed by atoms with Crippen molar-refractivity contribution in [3.63, 3.8) is 0 Å². The van der Waals surface area contributed by atoms with E-state index in [1.807, 2.05) is 12.1 Å². The van der Waals surface area contributed by atoms with Crippen LogP contribution in [0.15, 0.2) is 12.1 Å². The topological polar surface area (TPSA) is 39.9 Å². The van der Waals surface area contributed by atoms with Crippen LogP contribution in [-0.2, 0) is 0 Å². The molecule has 2 bridgehead atoms. The molecule has 0 unspecified atom stereocenters. The Kier molecular flexibility index (Phi) is 2.26. The zero-order chi connectivity index (χ0) is 11.1. The highest BCUT2D eigenvalue weighted by Crippen LogP contribution is 2.40. The van der Waals surface area contributed by atoms with Crippen LogP contribution in [-0.4, -0.2) is 17.1 Å². The molecule has 2 aliphatic rings. The maximum absolute atomic E-state index is 8.80. The molecule has 3 nitrogen and oxygen atoms in total. The molecule has 0 spiro atoms. The number of anilines is 1. The van der Waals surface area contributed by atoms with Gasteiger partial charge in [-0.3, -0.25) is 0 Å². The molecule has 82 valence electrons. The van der Waals surface area contributed by atoms with E-state index < -0.39 is 0 Å². The quantitative estimate of drug-likeness (QED) is 0.701. The number of rotatable bonds is 1. The highest BCUT2D eigenvalue weighted by Gasteiger charge is 2.39. The van der Waals surface area contributed by atoms with Gasteiger partial charge in [-0.25, -0.2) is 4.98 Å². The molecule has 1 aromatic rings. The predicted octanol–water partition coefficient (Wildman–Crippen LogP) is 2.74. The number of halogens is 1. The van der Waals surface area contributed by atoms with E-state index in [2.05, 4.69) is 9.88 Å². The van der Waals surface area contributed by atoms with Crippen molar-refractivity contribution in [1.82, 2.24) is 4.98 Å². The van der Waals surface area contributed by atoms with Gasteiger partial charge in [0.25, 0.3) is 0 Å². The summed E-state index contributed by atoms with van der Waals surface area (Å²) in [6, 6.07) is 7.00. The summed E-state index contributed by atoms with van der Waals surface area (Å²) >= 11 is 5.96. The molecule has 3 heterocycles. The third-order valence-corrected chi connectivity index (χ3v) is 3.96. The highest BCUT2D eigenvalue weighted by atomic mass is 35.5. The van der Waals surface area contributed by atoms with Crippen LogP contribution < -0.4 is 4.90 Å². The Labute approximate surface area is 99.6 Å². The van der Waals surface area contributed by atoms with E-state index in [0.29, 0.717) is 22.8 Å². The van der Waals surface area contributed by atoms with Gasteiger partial charge in [0.15, 0.2) is 0 Å². The minimum Gasteiger partial charge on any atom is -0.351 e. The van der Waals surface area contributed by atoms with Crippen LogP contribution in [0.3, 0.4) is 0 Å². The van der Waals surface area contributed by atoms with Crippen LogP contribution in [0.2, 0.25) is 5.15 Å². The average molecular weight is 234 g/mol. The van der Waals surface area contributed by atoms with Crippen LogP contribution in [0.25, 0.3) is 0 Å². The van der Waals surface area contributed by atoms with Crippen molar-refractivity contribution in [1.29, 1.82) is 5.26 Å². The van der Waals surface area contributed by atoms with Gasteiger partial charge in [-0.05, 0) is 37.8 Å². The first-order chi connectivity index (χ1) is 7.79. The smallest absolute Gasteiger partial charge is 0.149 e. The largest absolute Gasteiger partial charge is 0.351 e. The normalized spacial score (nSPS) is 27.1. The average Bonchev–Trinajstić information content (AvgIpc) is 2.88. The first kappa shape index (κ1) is 9.92. The summed E-state index contributed by atoms with van der Waals surface area (Å²) in [5.74, 6) is 0.939. The standard InChI is InChI=1S/C12H12ClN3/c13-12-8(7-14)1-6-11(15-12)16-9-2-3-10(16)5-4-9/h1,6,9-10H,2-5H2. The van der Waals surface area contributed by atoms with Crippen molar-refractivity contribution in [2.75, 3.05) is 4.90 Å². The molecule has 0 saturated carbocycles. The van der Waals surface area contributed by atoms with Crippen LogP contribution in [0.5, 0.6) is 0 Å². The molecule has 16 heavy (non-hydrogen) atoms. The Morgan fingerprint density at radius 3 is 2.38 bits per heavy atom. The van der Waals surface area contributed by atoms with Crippen LogP contribution in [0, 0.1) is 11.3 Å². The summed E-state index contributed by atoms with van der Waals surface area (Å²) < 4.78 is 0. The Bertz CT molecular complexity index is 446. The fourth-order valence-electron chi connectivity index (χ4n) is 2.94. The van der Waals surface area contributed by atoms with Gasteiger partial charge in [0.1, 0.15) is 17.0 Å². The van der Waals surface area contributed by atoms with E-state index in [1.54, 1.807) is 6.07 Å². The first-order valence-electron chi connectivity index (χ1n) is 5.64. The van der Waals surface area contributed by atoms with E-state index in [9.17, 15) is 0 Å². The lowest BCUT2D eigenvalue weighted by Crippen LogP contribution is -2.28. The van der Waals surface area contributed by atoms with Crippen molar-refractivity contribution in [3.05, 3.63) is 22.8 Å². The fraction of sp³-hybridized carbons (Fsp3) is 0.500. The van der Waals surface area contributed by atoms with E-state index in [0.717, 1.165) is 5.82 Å². The van der Waals surface area contributed by atoms with Gasteiger partial charge >= 0.3 is 0 Å². The summed E-state index contributed by atoms with van der Waals surface area (Å²) in [7, 11) is 0. The number of hydrogen-bond donors (Lipinski definition) is 0. The van der Waals surface area contributed by atoms with Gasteiger partial charge < -0.3 is 4.90 Å². The molecule has 3 rings (SSSR count). The number of aromatic nitrogens is 1. The monoisotopic (exact) mass is 233 g/mol. The van der Waals surface area contributed by atoms with E-state index in [1.165, 1.54) is 25.7 Å². The van der Waals surface area contributed by atoms with E-state index in [4.69, 9.17) is 16.9 Å². The maximum atomic E-state index is 8.80. The Morgan fingerprint density at radius 1 is 1.25 bits per heavy atom. The van der Waals surface area contributed by atoms with Crippen LogP contribution >= 0.6 is 11.6 Å². The Hall–Kier alpha value is -1.27. The summed E-state index contributed by atoms with van der Waals surface area (Å²) in [6.45, 7) is 0. The number of hydrogen-bond acceptors (Lipinski definition) is 3. The number of fused-ring (bicyclic) bond motifs is 2. The van der Waals surface area contributed by atoms with Crippen molar-refractivity contribution >= 4 is 17.4 Å². The molecule has 0 N–H and O–H groups in total. The van der Waals surface area contributed by atoms with Gasteiger partial charge in [0, 0.05) is 12.1 Å². The van der Waals surface area contributed by atoms with Gasteiger partial charge in [0.05, 0.1) is 5.56 Å². The molecule has 4 heteroatoms. The second-order valence-electron chi connectivity index (χ2n) is 4.49. The summed E-state index contributed by atoms with van der Waals surface area (Å²) in [6.07, 6.45) is 5.07. The predicted molar refractivity (Wildman–Crippen MR) is 62.5 cm³/mol. The minimum atomic E-state index is 0.325. The third kappa shape index (κ3) is 1.37. The lowest BCUT2D eigenvalue weighted by atomic mass is 10.0. The molecule has 0 atom stereocenters.